The van der Waals surface area contributed by atoms with Crippen LogP contribution in [0.4, 0.5) is 0 Å². The lowest BCUT2D eigenvalue weighted by atomic mass is 10.3. The zero-order valence-corrected chi connectivity index (χ0v) is 11.9. The molecule has 3 rings (SSSR count). The Hall–Kier alpha value is -1.75. The molecule has 2 aromatic rings. The lowest BCUT2D eigenvalue weighted by Gasteiger charge is -2.02. The van der Waals surface area contributed by atoms with E-state index in [0.717, 1.165) is 24.4 Å². The predicted octanol–water partition coefficient (Wildman–Crippen LogP) is 3.07. The maximum absolute atomic E-state index is 11.9. The van der Waals surface area contributed by atoms with Gasteiger partial charge in [0.25, 0.3) is 5.91 Å². The summed E-state index contributed by atoms with van der Waals surface area (Å²) in [7, 11) is 0. The Morgan fingerprint density at radius 1 is 1.35 bits per heavy atom. The molecule has 1 fully saturated rings. The minimum absolute atomic E-state index is 0.158. The Bertz CT molecular complexity index is 579. The van der Waals surface area contributed by atoms with Crippen molar-refractivity contribution in [3.05, 3.63) is 47.9 Å². The molecule has 4 nitrogen and oxygen atoms in total. The van der Waals surface area contributed by atoms with E-state index in [1.807, 2.05) is 18.2 Å². The second kappa shape index (κ2) is 6.13. The lowest BCUT2D eigenvalue weighted by molar-refractivity contribution is 0.0947. The van der Waals surface area contributed by atoms with Gasteiger partial charge >= 0.3 is 0 Å². The Balaban J connectivity index is 1.42. The first-order valence-electron chi connectivity index (χ1n) is 6.75. The summed E-state index contributed by atoms with van der Waals surface area (Å²) in [6.07, 6.45) is 2.29. The summed E-state index contributed by atoms with van der Waals surface area (Å²) in [5, 5.41) is 6.68. The van der Waals surface area contributed by atoms with Crippen LogP contribution in [0.1, 0.15) is 35.0 Å². The number of rotatable bonds is 6. The average Bonchev–Trinajstić information content (AvgIpc) is 3.22. The van der Waals surface area contributed by atoms with E-state index in [-0.39, 0.29) is 5.91 Å². The Kier molecular flexibility index (Phi) is 4.06. The van der Waals surface area contributed by atoms with Crippen molar-refractivity contribution in [2.45, 2.75) is 23.7 Å². The van der Waals surface area contributed by atoms with E-state index >= 15 is 0 Å². The summed E-state index contributed by atoms with van der Waals surface area (Å²) >= 11 is 1.72. The van der Waals surface area contributed by atoms with Crippen molar-refractivity contribution in [2.75, 3.05) is 12.3 Å². The zero-order chi connectivity index (χ0) is 13.8. The number of amides is 1. The van der Waals surface area contributed by atoms with Crippen LogP contribution in [-0.2, 0) is 0 Å². The largest absolute Gasteiger partial charge is 0.360 e. The molecule has 0 radical (unpaired) electrons. The van der Waals surface area contributed by atoms with Gasteiger partial charge in [0.15, 0.2) is 5.69 Å². The summed E-state index contributed by atoms with van der Waals surface area (Å²) in [6.45, 7) is 0.615. The molecule has 1 aromatic carbocycles. The second-order valence-corrected chi connectivity index (χ2v) is 5.97. The Morgan fingerprint density at radius 2 is 2.15 bits per heavy atom. The van der Waals surface area contributed by atoms with Gasteiger partial charge < -0.3 is 9.84 Å². The molecule has 0 atom stereocenters. The van der Waals surface area contributed by atoms with Gasteiger partial charge in [-0.2, -0.15) is 0 Å². The van der Waals surface area contributed by atoms with Gasteiger partial charge in [0.05, 0.1) is 0 Å². The van der Waals surface area contributed by atoms with Crippen molar-refractivity contribution in [1.29, 1.82) is 0 Å². The molecule has 0 unspecified atom stereocenters. The average molecular weight is 288 g/mol. The maximum atomic E-state index is 11.9. The smallest absolute Gasteiger partial charge is 0.273 e. The Morgan fingerprint density at radius 3 is 2.90 bits per heavy atom. The summed E-state index contributed by atoms with van der Waals surface area (Å²) in [4.78, 5) is 13.1. The van der Waals surface area contributed by atoms with E-state index in [9.17, 15) is 4.79 Å². The number of carbonyl (C=O) groups excluding carboxylic acids is 1. The summed E-state index contributed by atoms with van der Waals surface area (Å²) in [6, 6.07) is 11.9. The van der Waals surface area contributed by atoms with Crippen molar-refractivity contribution in [3.63, 3.8) is 0 Å². The number of benzene rings is 1. The van der Waals surface area contributed by atoms with Crippen LogP contribution in [0, 0.1) is 0 Å². The normalized spacial score (nSPS) is 14.2. The molecular formula is C15H16N2O2S. The zero-order valence-electron chi connectivity index (χ0n) is 11.0. The Labute approximate surface area is 121 Å². The molecule has 1 saturated carbocycles. The first-order valence-corrected chi connectivity index (χ1v) is 7.74. The topological polar surface area (TPSA) is 55.1 Å². The van der Waals surface area contributed by atoms with E-state index in [1.54, 1.807) is 17.8 Å². The van der Waals surface area contributed by atoms with Crippen LogP contribution in [-0.4, -0.2) is 23.4 Å². The van der Waals surface area contributed by atoms with Crippen LogP contribution in [0.5, 0.6) is 0 Å². The van der Waals surface area contributed by atoms with E-state index in [1.165, 1.54) is 4.90 Å². The third kappa shape index (κ3) is 3.42. The predicted molar refractivity (Wildman–Crippen MR) is 78.0 cm³/mol. The fourth-order valence-corrected chi connectivity index (χ4v) is 2.69. The van der Waals surface area contributed by atoms with Gasteiger partial charge in [0, 0.05) is 29.2 Å². The number of thioether (sulfide) groups is 1. The van der Waals surface area contributed by atoms with Gasteiger partial charge in [-0.3, -0.25) is 4.79 Å². The van der Waals surface area contributed by atoms with Gasteiger partial charge in [-0.05, 0) is 25.0 Å². The molecule has 5 heteroatoms. The molecule has 0 saturated heterocycles. The first-order chi connectivity index (χ1) is 9.83. The van der Waals surface area contributed by atoms with Crippen molar-refractivity contribution < 1.29 is 9.32 Å². The lowest BCUT2D eigenvalue weighted by Crippen LogP contribution is -2.25. The van der Waals surface area contributed by atoms with Gasteiger partial charge in [-0.1, -0.05) is 23.4 Å². The quantitative estimate of drug-likeness (QED) is 0.655. The number of hydrogen-bond acceptors (Lipinski definition) is 4. The number of carbonyl (C=O) groups is 1. The van der Waals surface area contributed by atoms with Crippen LogP contribution < -0.4 is 5.32 Å². The number of nitrogens with one attached hydrogen (secondary N) is 1. The molecular weight excluding hydrogens is 272 g/mol. The van der Waals surface area contributed by atoms with Gasteiger partial charge in [0.2, 0.25) is 0 Å². The molecule has 1 aliphatic rings. The van der Waals surface area contributed by atoms with E-state index in [4.69, 9.17) is 4.52 Å². The number of nitrogens with zero attached hydrogens (tertiary/aromatic N) is 1. The van der Waals surface area contributed by atoms with Crippen LogP contribution in [0.25, 0.3) is 0 Å². The SMILES string of the molecule is O=C(NCCSc1ccccc1)c1cc(C2CC2)on1. The fraction of sp³-hybridized carbons (Fsp3) is 0.333. The van der Waals surface area contributed by atoms with E-state index < -0.39 is 0 Å². The van der Waals surface area contributed by atoms with Crippen LogP contribution >= 0.6 is 11.8 Å². The van der Waals surface area contributed by atoms with E-state index in [2.05, 4.69) is 22.6 Å². The fourth-order valence-electron chi connectivity index (χ4n) is 1.90. The highest BCUT2D eigenvalue weighted by Crippen LogP contribution is 2.40. The molecule has 0 spiro atoms. The van der Waals surface area contributed by atoms with Crippen molar-refractivity contribution in [1.82, 2.24) is 10.5 Å². The third-order valence-electron chi connectivity index (χ3n) is 3.14. The molecule has 1 aliphatic carbocycles. The van der Waals surface area contributed by atoms with E-state index in [0.29, 0.717) is 18.2 Å². The summed E-state index contributed by atoms with van der Waals surface area (Å²) in [5.74, 6) is 2.00. The van der Waals surface area contributed by atoms with Gasteiger partial charge in [-0.25, -0.2) is 0 Å². The second-order valence-electron chi connectivity index (χ2n) is 4.81. The molecule has 1 aromatic heterocycles. The highest BCUT2D eigenvalue weighted by molar-refractivity contribution is 7.99. The number of aromatic nitrogens is 1. The molecule has 0 bridgehead atoms. The first kappa shape index (κ1) is 13.2. The minimum atomic E-state index is -0.158. The standard InChI is InChI=1S/C15H16N2O2S/c18-15(13-10-14(19-17-13)11-6-7-11)16-8-9-20-12-4-2-1-3-5-12/h1-5,10-11H,6-9H2,(H,16,18). The van der Waals surface area contributed by atoms with Crippen LogP contribution in [0.3, 0.4) is 0 Å². The third-order valence-corrected chi connectivity index (χ3v) is 4.15. The minimum Gasteiger partial charge on any atom is -0.360 e. The van der Waals surface area contributed by atoms with Crippen molar-refractivity contribution in [2.24, 2.45) is 0 Å². The molecule has 104 valence electrons. The van der Waals surface area contributed by atoms with Crippen LogP contribution in [0.15, 0.2) is 45.8 Å². The van der Waals surface area contributed by atoms with Gasteiger partial charge in [-0.15, -0.1) is 11.8 Å². The van der Waals surface area contributed by atoms with Crippen LogP contribution in [0.2, 0.25) is 0 Å². The maximum Gasteiger partial charge on any atom is 0.273 e. The number of hydrogen-bond donors (Lipinski definition) is 1. The monoisotopic (exact) mass is 288 g/mol. The molecule has 1 N–H and O–H groups in total. The highest BCUT2D eigenvalue weighted by Gasteiger charge is 2.28. The highest BCUT2D eigenvalue weighted by atomic mass is 32.2. The molecule has 0 aliphatic heterocycles. The molecule has 1 heterocycles. The summed E-state index contributed by atoms with van der Waals surface area (Å²) < 4.78 is 5.17. The van der Waals surface area contributed by atoms with Crippen molar-refractivity contribution in [3.8, 4) is 0 Å². The van der Waals surface area contributed by atoms with Crippen molar-refractivity contribution >= 4 is 17.7 Å². The molecule has 20 heavy (non-hydrogen) atoms. The summed E-state index contributed by atoms with van der Waals surface area (Å²) in [5.41, 5.74) is 0.386. The molecule has 1 amide bonds. The van der Waals surface area contributed by atoms with Gasteiger partial charge in [0.1, 0.15) is 5.76 Å².